The van der Waals surface area contributed by atoms with E-state index in [0.29, 0.717) is 24.5 Å². The van der Waals surface area contributed by atoms with Crippen LogP contribution in [0.15, 0.2) is 36.7 Å². The van der Waals surface area contributed by atoms with Crippen molar-refractivity contribution in [3.63, 3.8) is 0 Å². The third kappa shape index (κ3) is 5.03. The molecule has 0 radical (unpaired) electrons. The van der Waals surface area contributed by atoms with Crippen molar-refractivity contribution in [2.45, 2.75) is 32.2 Å². The fourth-order valence-electron chi connectivity index (χ4n) is 3.17. The van der Waals surface area contributed by atoms with Crippen molar-refractivity contribution < 1.29 is 19.2 Å². The second kappa shape index (κ2) is 9.09. The molecule has 3 rings (SSSR count). The number of aryl methyl sites for hydroxylation is 1. The van der Waals surface area contributed by atoms with Crippen LogP contribution >= 0.6 is 0 Å². The molecule has 10 nitrogen and oxygen atoms in total. The van der Waals surface area contributed by atoms with E-state index in [2.05, 4.69) is 15.3 Å². The highest BCUT2D eigenvalue weighted by Gasteiger charge is 2.32. The van der Waals surface area contributed by atoms with Gasteiger partial charge in [-0.3, -0.25) is 14.9 Å². The normalized spacial score (nSPS) is 16.2. The number of hydrogen-bond donors (Lipinski definition) is 1. The number of carbonyl (C=O) groups excluding carboxylic acids is 2. The maximum absolute atomic E-state index is 12.6. The minimum atomic E-state index is -0.649. The van der Waals surface area contributed by atoms with Gasteiger partial charge in [0.15, 0.2) is 6.61 Å². The molecule has 1 saturated heterocycles. The van der Waals surface area contributed by atoms with Crippen LogP contribution in [-0.4, -0.2) is 46.0 Å². The van der Waals surface area contributed by atoms with Crippen molar-refractivity contribution in [1.82, 2.24) is 9.97 Å². The van der Waals surface area contributed by atoms with Crippen molar-refractivity contribution in [2.75, 3.05) is 23.4 Å². The van der Waals surface area contributed by atoms with Crippen LogP contribution in [0.25, 0.3) is 0 Å². The summed E-state index contributed by atoms with van der Waals surface area (Å²) < 4.78 is 5.17. The summed E-state index contributed by atoms with van der Waals surface area (Å²) >= 11 is 0. The average Bonchev–Trinajstić information content (AvgIpc) is 2.73. The predicted molar refractivity (Wildman–Crippen MR) is 104 cm³/mol. The third-order valence-corrected chi connectivity index (χ3v) is 4.55. The Hall–Kier alpha value is -3.56. The molecule has 1 atom stereocenters. The van der Waals surface area contributed by atoms with E-state index in [1.54, 1.807) is 36.4 Å². The molecule has 1 amide bonds. The number of rotatable bonds is 6. The SMILES string of the molecule is Cc1ccc(NC(=O)COC(=O)C2CCCCN2c2ncccn2)c([N+](=O)[O-])c1. The third-order valence-electron chi connectivity index (χ3n) is 4.55. The Labute approximate surface area is 167 Å². The van der Waals surface area contributed by atoms with E-state index in [1.165, 1.54) is 12.1 Å². The zero-order valence-electron chi connectivity index (χ0n) is 15.9. The van der Waals surface area contributed by atoms with Gasteiger partial charge in [0.05, 0.1) is 4.92 Å². The summed E-state index contributed by atoms with van der Waals surface area (Å²) in [6.07, 6.45) is 5.52. The number of nitro benzene ring substituents is 1. The lowest BCUT2D eigenvalue weighted by Gasteiger charge is -2.33. The zero-order valence-corrected chi connectivity index (χ0v) is 15.9. The first-order valence-electron chi connectivity index (χ1n) is 9.21. The topological polar surface area (TPSA) is 128 Å². The summed E-state index contributed by atoms with van der Waals surface area (Å²) in [5, 5.41) is 13.6. The van der Waals surface area contributed by atoms with Gasteiger partial charge in [-0.15, -0.1) is 0 Å². The number of amides is 1. The van der Waals surface area contributed by atoms with Crippen LogP contribution in [-0.2, 0) is 14.3 Å². The Morgan fingerprint density at radius 2 is 2.07 bits per heavy atom. The van der Waals surface area contributed by atoms with Crippen molar-refractivity contribution in [3.05, 3.63) is 52.3 Å². The van der Waals surface area contributed by atoms with Crippen LogP contribution in [0.4, 0.5) is 17.3 Å². The van der Waals surface area contributed by atoms with Crippen LogP contribution in [0, 0.1) is 17.0 Å². The Bertz CT molecular complexity index is 905. The number of aromatic nitrogens is 2. The van der Waals surface area contributed by atoms with Gasteiger partial charge in [0, 0.05) is 25.0 Å². The maximum atomic E-state index is 12.6. The van der Waals surface area contributed by atoms with Gasteiger partial charge >= 0.3 is 5.97 Å². The van der Waals surface area contributed by atoms with E-state index in [0.717, 1.165) is 12.8 Å². The van der Waals surface area contributed by atoms with Crippen molar-refractivity contribution in [2.24, 2.45) is 0 Å². The van der Waals surface area contributed by atoms with Gasteiger partial charge < -0.3 is 15.0 Å². The summed E-state index contributed by atoms with van der Waals surface area (Å²) in [7, 11) is 0. The summed E-state index contributed by atoms with van der Waals surface area (Å²) in [4.78, 5) is 45.4. The number of benzene rings is 1. The first-order valence-corrected chi connectivity index (χ1v) is 9.21. The van der Waals surface area contributed by atoms with Crippen LogP contribution < -0.4 is 10.2 Å². The number of esters is 1. The molecule has 1 unspecified atom stereocenters. The monoisotopic (exact) mass is 399 g/mol. The van der Waals surface area contributed by atoms with Crippen molar-refractivity contribution in [1.29, 1.82) is 0 Å². The highest BCUT2D eigenvalue weighted by atomic mass is 16.6. The van der Waals surface area contributed by atoms with Gasteiger partial charge in [-0.1, -0.05) is 6.07 Å². The summed E-state index contributed by atoms with van der Waals surface area (Å²) in [5.41, 5.74) is 0.532. The average molecular weight is 399 g/mol. The second-order valence-corrected chi connectivity index (χ2v) is 6.69. The van der Waals surface area contributed by atoms with Gasteiger partial charge in [-0.2, -0.15) is 0 Å². The number of hydrogen-bond acceptors (Lipinski definition) is 8. The zero-order chi connectivity index (χ0) is 20.8. The number of ether oxygens (including phenoxy) is 1. The van der Waals surface area contributed by atoms with Gasteiger partial charge in [0.2, 0.25) is 5.95 Å². The number of piperidine rings is 1. The summed E-state index contributed by atoms with van der Waals surface area (Å²) in [5.74, 6) is -0.761. The van der Waals surface area contributed by atoms with Crippen LogP contribution in [0.2, 0.25) is 0 Å². The van der Waals surface area contributed by atoms with Gasteiger partial charge in [0.1, 0.15) is 11.7 Å². The fraction of sp³-hybridized carbons (Fsp3) is 0.368. The molecule has 152 valence electrons. The largest absolute Gasteiger partial charge is 0.454 e. The number of carbonyl (C=O) groups is 2. The van der Waals surface area contributed by atoms with E-state index < -0.39 is 29.4 Å². The van der Waals surface area contributed by atoms with Gasteiger partial charge in [-0.05, 0) is 43.9 Å². The van der Waals surface area contributed by atoms with Crippen LogP contribution in [0.3, 0.4) is 0 Å². The Morgan fingerprint density at radius 1 is 1.31 bits per heavy atom. The molecule has 1 N–H and O–H groups in total. The molecule has 0 aliphatic carbocycles. The van der Waals surface area contributed by atoms with Crippen LogP contribution in [0.1, 0.15) is 24.8 Å². The molecule has 29 heavy (non-hydrogen) atoms. The summed E-state index contributed by atoms with van der Waals surface area (Å²) in [6.45, 7) is 1.79. The molecule has 0 saturated carbocycles. The lowest BCUT2D eigenvalue weighted by Crippen LogP contribution is -2.47. The minimum absolute atomic E-state index is 0.0543. The highest BCUT2D eigenvalue weighted by molar-refractivity contribution is 5.95. The van der Waals surface area contributed by atoms with Gasteiger partial charge in [-0.25, -0.2) is 14.8 Å². The molecule has 1 aliphatic rings. The van der Waals surface area contributed by atoms with E-state index in [4.69, 9.17) is 4.74 Å². The number of nitrogens with one attached hydrogen (secondary N) is 1. The Balaban J connectivity index is 1.61. The smallest absolute Gasteiger partial charge is 0.329 e. The van der Waals surface area contributed by atoms with E-state index >= 15 is 0 Å². The predicted octanol–water partition coefficient (Wildman–Crippen LogP) is 2.23. The molecular weight excluding hydrogens is 378 g/mol. The Kier molecular flexibility index (Phi) is 6.32. The fourth-order valence-corrected chi connectivity index (χ4v) is 3.17. The quantitative estimate of drug-likeness (QED) is 0.445. The standard InChI is InChI=1S/C19H21N5O5/c1-13-6-7-14(16(11-13)24(27)28)22-17(25)12-29-18(26)15-5-2-3-10-23(15)19-20-8-4-9-21-19/h4,6-9,11,15H,2-3,5,10,12H2,1H3,(H,22,25). The van der Waals surface area contributed by atoms with E-state index in [-0.39, 0.29) is 11.4 Å². The molecule has 1 aromatic carbocycles. The van der Waals surface area contributed by atoms with Gasteiger partial charge in [0.25, 0.3) is 11.6 Å². The lowest BCUT2D eigenvalue weighted by molar-refractivity contribution is -0.384. The van der Waals surface area contributed by atoms with E-state index in [1.807, 2.05) is 0 Å². The molecule has 10 heteroatoms. The molecule has 1 aliphatic heterocycles. The molecule has 0 spiro atoms. The molecule has 1 fully saturated rings. The van der Waals surface area contributed by atoms with Crippen LogP contribution in [0.5, 0.6) is 0 Å². The molecule has 0 bridgehead atoms. The maximum Gasteiger partial charge on any atom is 0.329 e. The number of anilines is 2. The Morgan fingerprint density at radius 3 is 2.79 bits per heavy atom. The lowest BCUT2D eigenvalue weighted by atomic mass is 10.0. The molecule has 1 aromatic heterocycles. The first kappa shape index (κ1) is 20.2. The second-order valence-electron chi connectivity index (χ2n) is 6.69. The highest BCUT2D eigenvalue weighted by Crippen LogP contribution is 2.25. The first-order chi connectivity index (χ1) is 14.0. The molecule has 2 heterocycles. The van der Waals surface area contributed by atoms with E-state index in [9.17, 15) is 19.7 Å². The summed E-state index contributed by atoms with van der Waals surface area (Å²) in [6, 6.07) is 5.57. The van der Waals surface area contributed by atoms with Crippen molar-refractivity contribution in [3.8, 4) is 0 Å². The minimum Gasteiger partial charge on any atom is -0.454 e. The molecule has 2 aromatic rings. The molecular formula is C19H21N5O5. The van der Waals surface area contributed by atoms with Crippen molar-refractivity contribution >= 4 is 29.2 Å². The number of nitro groups is 1. The number of nitrogens with zero attached hydrogens (tertiary/aromatic N) is 4.